The first-order valence-corrected chi connectivity index (χ1v) is 12.4. The molecule has 7 heteroatoms. The van der Waals surface area contributed by atoms with E-state index in [0.29, 0.717) is 15.8 Å². The number of carbonyl (C=O) groups excluding carboxylic acids is 1. The van der Waals surface area contributed by atoms with Crippen molar-refractivity contribution < 1.29 is 4.79 Å². The number of nitrogens with one attached hydrogen (secondary N) is 1. The van der Waals surface area contributed by atoms with Crippen LogP contribution in [0.15, 0.2) is 52.0 Å². The molecule has 2 aromatic carbocycles. The Hall–Kier alpha value is -1.56. The largest absolute Gasteiger partial charge is 0.348 e. The molecule has 2 atom stereocenters. The number of hydrazone groups is 1. The molecule has 0 bridgehead atoms. The van der Waals surface area contributed by atoms with Crippen LogP contribution >= 0.6 is 39.1 Å². The van der Waals surface area contributed by atoms with Gasteiger partial charge in [0.25, 0.3) is 5.91 Å². The molecule has 1 amide bonds. The van der Waals surface area contributed by atoms with E-state index in [1.807, 2.05) is 23.2 Å². The number of carbonyl (C=O) groups is 1. The maximum absolute atomic E-state index is 13.3. The smallest absolute Gasteiger partial charge is 0.268 e. The van der Waals surface area contributed by atoms with Gasteiger partial charge in [-0.05, 0) is 48.7 Å². The van der Waals surface area contributed by atoms with E-state index in [1.54, 1.807) is 12.1 Å². The number of anilines is 1. The summed E-state index contributed by atoms with van der Waals surface area (Å²) in [5.74, 6) is -0.173. The Kier molecular flexibility index (Phi) is 7.25. The minimum atomic E-state index is -0.137. The second-order valence-electron chi connectivity index (χ2n) is 8.37. The second kappa shape index (κ2) is 9.93. The molecule has 1 fully saturated rings. The van der Waals surface area contributed by atoms with Gasteiger partial charge in [-0.3, -0.25) is 9.80 Å². The summed E-state index contributed by atoms with van der Waals surface area (Å²) in [4.78, 5) is 13.3. The Morgan fingerprint density at radius 1 is 1.06 bits per heavy atom. The number of benzene rings is 2. The topological polar surface area (TPSA) is 44.7 Å². The number of rotatable bonds is 4. The minimum Gasteiger partial charge on any atom is -0.348 e. The summed E-state index contributed by atoms with van der Waals surface area (Å²) in [5.41, 5.74) is 2.36. The Labute approximate surface area is 202 Å². The molecule has 164 valence electrons. The standard InChI is InChI=1S/C24H26BrCl2N3O/c1-15-22(24(31)28-19-6-4-2-3-5-7-19)29-30(21-13-12-18(26)14-20(21)27)23(15)16-8-10-17(25)11-9-16/h8-15,19,23H,2-7H2,1H3,(H,28,31). The Morgan fingerprint density at radius 3 is 2.39 bits per heavy atom. The lowest BCUT2D eigenvalue weighted by atomic mass is 9.90. The first kappa shape index (κ1) is 22.6. The van der Waals surface area contributed by atoms with Gasteiger partial charge in [-0.15, -0.1) is 0 Å². The zero-order chi connectivity index (χ0) is 22.0. The van der Waals surface area contributed by atoms with E-state index in [4.69, 9.17) is 28.3 Å². The maximum atomic E-state index is 13.3. The predicted octanol–water partition coefficient (Wildman–Crippen LogP) is 7.15. The summed E-state index contributed by atoms with van der Waals surface area (Å²) < 4.78 is 1.00. The zero-order valence-corrected chi connectivity index (χ0v) is 20.6. The van der Waals surface area contributed by atoms with Crippen LogP contribution in [0.4, 0.5) is 5.69 Å². The molecule has 1 heterocycles. The molecule has 1 N–H and O–H groups in total. The third kappa shape index (κ3) is 5.10. The highest BCUT2D eigenvalue weighted by molar-refractivity contribution is 9.10. The predicted molar refractivity (Wildman–Crippen MR) is 132 cm³/mol. The fraction of sp³-hybridized carbons (Fsp3) is 0.417. The molecular weight excluding hydrogens is 497 g/mol. The quantitative estimate of drug-likeness (QED) is 0.433. The Bertz CT molecular complexity index is 971. The maximum Gasteiger partial charge on any atom is 0.268 e. The van der Waals surface area contributed by atoms with Crippen molar-refractivity contribution in [3.63, 3.8) is 0 Å². The lowest BCUT2D eigenvalue weighted by molar-refractivity contribution is -0.115. The fourth-order valence-corrected chi connectivity index (χ4v) is 5.29. The summed E-state index contributed by atoms with van der Waals surface area (Å²) in [6.45, 7) is 2.06. The zero-order valence-electron chi connectivity index (χ0n) is 17.5. The lowest BCUT2D eigenvalue weighted by Crippen LogP contribution is -2.40. The van der Waals surface area contributed by atoms with Crippen LogP contribution in [-0.2, 0) is 4.79 Å². The molecule has 4 rings (SSSR count). The first-order chi connectivity index (χ1) is 14.9. The molecule has 31 heavy (non-hydrogen) atoms. The van der Waals surface area contributed by atoms with Crippen LogP contribution < -0.4 is 10.3 Å². The third-order valence-corrected chi connectivity index (χ3v) is 7.24. The van der Waals surface area contributed by atoms with E-state index in [-0.39, 0.29) is 23.9 Å². The van der Waals surface area contributed by atoms with Crippen LogP contribution in [0.2, 0.25) is 10.0 Å². The van der Waals surface area contributed by atoms with Crippen molar-refractivity contribution in [2.24, 2.45) is 11.0 Å². The molecule has 2 aliphatic rings. The summed E-state index contributed by atoms with van der Waals surface area (Å²) >= 11 is 16.2. The highest BCUT2D eigenvalue weighted by Crippen LogP contribution is 2.42. The molecule has 0 aromatic heterocycles. The average molecular weight is 523 g/mol. The van der Waals surface area contributed by atoms with Gasteiger partial charge in [0.15, 0.2) is 0 Å². The van der Waals surface area contributed by atoms with E-state index >= 15 is 0 Å². The minimum absolute atomic E-state index is 0.0749. The van der Waals surface area contributed by atoms with Crippen LogP contribution in [-0.4, -0.2) is 17.7 Å². The monoisotopic (exact) mass is 521 g/mol. The number of hydrogen-bond acceptors (Lipinski definition) is 3. The average Bonchev–Trinajstić information content (AvgIpc) is 2.89. The Balaban J connectivity index is 1.66. The molecular formula is C24H26BrCl2N3O. The van der Waals surface area contributed by atoms with Crippen molar-refractivity contribution in [2.75, 3.05) is 5.01 Å². The van der Waals surface area contributed by atoms with Crippen LogP contribution in [0.25, 0.3) is 0 Å². The number of amides is 1. The fourth-order valence-electron chi connectivity index (χ4n) is 4.53. The number of halogens is 3. The first-order valence-electron chi connectivity index (χ1n) is 10.8. The second-order valence-corrected chi connectivity index (χ2v) is 10.1. The third-order valence-electron chi connectivity index (χ3n) is 6.17. The molecule has 1 saturated carbocycles. The van der Waals surface area contributed by atoms with E-state index in [0.717, 1.165) is 28.6 Å². The van der Waals surface area contributed by atoms with Gasteiger partial charge in [0.1, 0.15) is 5.71 Å². The summed E-state index contributed by atoms with van der Waals surface area (Å²) in [6.07, 6.45) is 6.91. The summed E-state index contributed by atoms with van der Waals surface area (Å²) in [6, 6.07) is 13.6. The number of hydrogen-bond donors (Lipinski definition) is 1. The normalized spacial score (nSPS) is 22.2. The van der Waals surface area contributed by atoms with Crippen molar-refractivity contribution in [1.29, 1.82) is 0 Å². The van der Waals surface area contributed by atoms with Gasteiger partial charge in [-0.2, -0.15) is 5.10 Å². The molecule has 4 nitrogen and oxygen atoms in total. The van der Waals surface area contributed by atoms with Crippen molar-refractivity contribution in [3.05, 3.63) is 62.5 Å². The van der Waals surface area contributed by atoms with E-state index in [1.165, 1.54) is 25.7 Å². The SMILES string of the molecule is CC1C(C(=O)NC2CCCCCC2)=NN(c2ccc(Cl)cc2Cl)C1c1ccc(Br)cc1. The van der Waals surface area contributed by atoms with E-state index in [2.05, 4.69) is 40.3 Å². The summed E-state index contributed by atoms with van der Waals surface area (Å²) in [5, 5.41) is 11.0. The Morgan fingerprint density at radius 2 is 1.74 bits per heavy atom. The van der Waals surface area contributed by atoms with Gasteiger partial charge in [-0.1, -0.05) is 83.9 Å². The van der Waals surface area contributed by atoms with E-state index in [9.17, 15) is 4.79 Å². The molecule has 2 aromatic rings. The van der Waals surface area contributed by atoms with Crippen molar-refractivity contribution in [3.8, 4) is 0 Å². The molecule has 0 saturated heterocycles. The molecule has 2 unspecified atom stereocenters. The van der Waals surface area contributed by atoms with Crippen molar-refractivity contribution in [2.45, 2.75) is 57.5 Å². The van der Waals surface area contributed by atoms with Crippen LogP contribution in [0.1, 0.15) is 57.1 Å². The molecule has 1 aliphatic heterocycles. The van der Waals surface area contributed by atoms with Gasteiger partial charge in [0.2, 0.25) is 0 Å². The van der Waals surface area contributed by atoms with Crippen LogP contribution in [0.5, 0.6) is 0 Å². The molecule has 0 spiro atoms. The van der Waals surface area contributed by atoms with Crippen LogP contribution in [0.3, 0.4) is 0 Å². The summed E-state index contributed by atoms with van der Waals surface area (Å²) in [7, 11) is 0. The molecule has 1 aliphatic carbocycles. The highest BCUT2D eigenvalue weighted by Gasteiger charge is 2.40. The van der Waals surface area contributed by atoms with Gasteiger partial charge < -0.3 is 5.32 Å². The van der Waals surface area contributed by atoms with Crippen LogP contribution in [0, 0.1) is 5.92 Å². The van der Waals surface area contributed by atoms with Gasteiger partial charge in [-0.25, -0.2) is 0 Å². The molecule has 0 radical (unpaired) electrons. The highest BCUT2D eigenvalue weighted by atomic mass is 79.9. The van der Waals surface area contributed by atoms with Gasteiger partial charge >= 0.3 is 0 Å². The van der Waals surface area contributed by atoms with E-state index < -0.39 is 0 Å². The van der Waals surface area contributed by atoms with Gasteiger partial charge in [0.05, 0.1) is 16.8 Å². The van der Waals surface area contributed by atoms with Crippen molar-refractivity contribution >= 4 is 56.4 Å². The van der Waals surface area contributed by atoms with Gasteiger partial charge in [0, 0.05) is 21.5 Å². The van der Waals surface area contributed by atoms with Crippen molar-refractivity contribution in [1.82, 2.24) is 5.32 Å². The number of nitrogens with zero attached hydrogens (tertiary/aromatic N) is 2. The lowest BCUT2D eigenvalue weighted by Gasteiger charge is -2.27.